The van der Waals surface area contributed by atoms with E-state index in [4.69, 9.17) is 11.6 Å². The first-order valence-corrected chi connectivity index (χ1v) is 8.05. The first-order valence-electron chi connectivity index (χ1n) is 5.98. The molecule has 22 heavy (non-hydrogen) atoms. The average molecular weight is 367 g/mol. The van der Waals surface area contributed by atoms with E-state index in [0.29, 0.717) is 14.2 Å². The third kappa shape index (κ3) is 4.31. The lowest BCUT2D eigenvalue weighted by atomic mass is 10.3. The van der Waals surface area contributed by atoms with Gasteiger partial charge in [0.1, 0.15) is 17.2 Å². The minimum Gasteiger partial charge on any atom is -0.324 e. The van der Waals surface area contributed by atoms with Gasteiger partial charge in [-0.3, -0.25) is 4.79 Å². The summed E-state index contributed by atoms with van der Waals surface area (Å²) in [5, 5.41) is 1.99. The van der Waals surface area contributed by atoms with E-state index in [-0.39, 0.29) is 12.2 Å². The van der Waals surface area contributed by atoms with Crippen LogP contribution in [0.1, 0.15) is 10.5 Å². The van der Waals surface area contributed by atoms with Crippen molar-refractivity contribution in [2.45, 2.75) is 6.18 Å². The first kappa shape index (κ1) is 17.0. The van der Waals surface area contributed by atoms with Crippen LogP contribution < -0.4 is 0 Å². The van der Waals surface area contributed by atoms with Gasteiger partial charge in [-0.2, -0.15) is 13.2 Å². The molecule has 0 N–H and O–H groups in total. The largest absolute Gasteiger partial charge is 0.406 e. The second kappa shape index (κ2) is 6.80. The van der Waals surface area contributed by atoms with Gasteiger partial charge in [0.15, 0.2) is 0 Å². The van der Waals surface area contributed by atoms with Gasteiger partial charge in [0.05, 0.1) is 9.21 Å². The number of alkyl halides is 3. The first-order chi connectivity index (χ1) is 10.3. The molecule has 118 valence electrons. The topological polar surface area (TPSA) is 33.2 Å². The van der Waals surface area contributed by atoms with Crippen LogP contribution in [0.3, 0.4) is 0 Å². The van der Waals surface area contributed by atoms with Crippen LogP contribution in [-0.2, 0) is 0 Å². The summed E-state index contributed by atoms with van der Waals surface area (Å²) in [6.07, 6.45) is -3.23. The maximum absolute atomic E-state index is 12.5. The zero-order chi connectivity index (χ0) is 16.3. The summed E-state index contributed by atoms with van der Waals surface area (Å²) in [5.74, 6) is -0.776. The summed E-state index contributed by atoms with van der Waals surface area (Å²) < 4.78 is 38.1. The van der Waals surface area contributed by atoms with Gasteiger partial charge in [-0.05, 0) is 12.1 Å². The number of rotatable bonds is 5. The van der Waals surface area contributed by atoms with Gasteiger partial charge in [-0.25, -0.2) is 4.98 Å². The predicted octanol–water partition coefficient (Wildman–Crippen LogP) is 4.72. The summed E-state index contributed by atoms with van der Waals surface area (Å²) in [6.45, 7) is 1.83. The molecular weight excluding hydrogens is 357 g/mol. The number of thiazole rings is 1. The maximum atomic E-state index is 12.5. The third-order valence-corrected chi connectivity index (χ3v) is 4.76. The fourth-order valence-corrected chi connectivity index (χ4v) is 3.58. The Labute approximate surface area is 137 Å². The van der Waals surface area contributed by atoms with E-state index in [9.17, 15) is 18.0 Å². The molecule has 0 unspecified atom stereocenters. The number of thiophene rings is 1. The van der Waals surface area contributed by atoms with Crippen molar-refractivity contribution in [3.8, 4) is 9.88 Å². The molecule has 0 spiro atoms. The number of aromatic nitrogens is 1. The van der Waals surface area contributed by atoms with Gasteiger partial charge < -0.3 is 4.90 Å². The van der Waals surface area contributed by atoms with Crippen LogP contribution in [0.4, 0.5) is 13.2 Å². The van der Waals surface area contributed by atoms with Crippen molar-refractivity contribution in [1.29, 1.82) is 0 Å². The highest BCUT2D eigenvalue weighted by Crippen LogP contribution is 2.33. The standard InChI is InChI=1S/C13H10ClF3N2OS2/c1-2-5-19(7-13(15,16)17)12(20)8-6-21-11(18-8)9-3-4-10(14)22-9/h2-4,6H,1,5,7H2. The lowest BCUT2D eigenvalue weighted by Crippen LogP contribution is -2.39. The van der Waals surface area contributed by atoms with E-state index in [1.807, 2.05) is 0 Å². The number of carbonyl (C=O) groups excluding carboxylic acids is 1. The van der Waals surface area contributed by atoms with Crippen LogP contribution in [-0.4, -0.2) is 35.1 Å². The summed E-state index contributed by atoms with van der Waals surface area (Å²) in [6, 6.07) is 3.44. The zero-order valence-corrected chi connectivity index (χ0v) is 13.5. The highest BCUT2D eigenvalue weighted by atomic mass is 35.5. The minimum absolute atomic E-state index is 0.0179. The molecule has 2 rings (SSSR count). The van der Waals surface area contributed by atoms with Gasteiger partial charge in [-0.15, -0.1) is 29.3 Å². The molecule has 0 saturated carbocycles. The second-order valence-corrected chi connectivity index (χ2v) is 6.80. The number of halogens is 4. The van der Waals surface area contributed by atoms with Crippen LogP contribution in [0.2, 0.25) is 4.34 Å². The van der Waals surface area contributed by atoms with Gasteiger partial charge in [0, 0.05) is 11.9 Å². The highest BCUT2D eigenvalue weighted by molar-refractivity contribution is 7.23. The Morgan fingerprint density at radius 3 is 2.73 bits per heavy atom. The Morgan fingerprint density at radius 1 is 1.45 bits per heavy atom. The van der Waals surface area contributed by atoms with Crippen LogP contribution in [0, 0.1) is 0 Å². The summed E-state index contributed by atoms with van der Waals surface area (Å²) in [5.41, 5.74) is -0.0179. The van der Waals surface area contributed by atoms with E-state index in [1.54, 1.807) is 12.1 Å². The summed E-state index contributed by atoms with van der Waals surface area (Å²) >= 11 is 8.30. The molecule has 0 aliphatic carbocycles. The van der Waals surface area contributed by atoms with E-state index >= 15 is 0 Å². The van der Waals surface area contributed by atoms with Gasteiger partial charge in [0.2, 0.25) is 0 Å². The number of amides is 1. The van der Waals surface area contributed by atoms with Gasteiger partial charge in [-0.1, -0.05) is 17.7 Å². The van der Waals surface area contributed by atoms with Crippen LogP contribution in [0.5, 0.6) is 0 Å². The molecule has 2 aromatic heterocycles. The lowest BCUT2D eigenvalue weighted by Gasteiger charge is -2.21. The molecule has 0 radical (unpaired) electrons. The normalized spacial score (nSPS) is 11.5. The van der Waals surface area contributed by atoms with Crippen LogP contribution in [0.15, 0.2) is 30.2 Å². The van der Waals surface area contributed by atoms with Crippen LogP contribution in [0.25, 0.3) is 9.88 Å². The van der Waals surface area contributed by atoms with Crippen molar-refractivity contribution in [3.63, 3.8) is 0 Å². The zero-order valence-electron chi connectivity index (χ0n) is 11.1. The third-order valence-electron chi connectivity index (χ3n) is 2.51. The van der Waals surface area contributed by atoms with Crippen molar-refractivity contribution in [2.24, 2.45) is 0 Å². The van der Waals surface area contributed by atoms with Crippen molar-refractivity contribution < 1.29 is 18.0 Å². The van der Waals surface area contributed by atoms with Gasteiger partial charge in [0.25, 0.3) is 5.91 Å². The number of carbonyl (C=O) groups is 1. The molecule has 3 nitrogen and oxygen atoms in total. The molecule has 0 aliphatic heterocycles. The molecule has 0 aliphatic rings. The highest BCUT2D eigenvalue weighted by Gasteiger charge is 2.33. The monoisotopic (exact) mass is 366 g/mol. The number of hydrogen-bond donors (Lipinski definition) is 0. The van der Waals surface area contributed by atoms with Crippen molar-refractivity contribution in [3.05, 3.63) is 40.2 Å². The number of hydrogen-bond acceptors (Lipinski definition) is 4. The fraction of sp³-hybridized carbons (Fsp3) is 0.231. The second-order valence-electron chi connectivity index (χ2n) is 4.23. The van der Waals surface area contributed by atoms with Gasteiger partial charge >= 0.3 is 6.18 Å². The molecule has 2 aromatic rings. The molecule has 1 amide bonds. The van der Waals surface area contributed by atoms with E-state index in [1.165, 1.54) is 34.1 Å². The Kier molecular flexibility index (Phi) is 5.25. The Bertz CT molecular complexity index is 681. The average Bonchev–Trinajstić information content (AvgIpc) is 3.04. The summed E-state index contributed by atoms with van der Waals surface area (Å²) in [4.78, 5) is 17.7. The molecule has 2 heterocycles. The summed E-state index contributed by atoms with van der Waals surface area (Å²) in [7, 11) is 0. The Balaban J connectivity index is 2.20. The SMILES string of the molecule is C=CCN(CC(F)(F)F)C(=O)c1csc(-c2ccc(Cl)s2)n1. The smallest absolute Gasteiger partial charge is 0.324 e. The van der Waals surface area contributed by atoms with E-state index in [0.717, 1.165) is 4.88 Å². The fourth-order valence-electron chi connectivity index (χ4n) is 1.67. The van der Waals surface area contributed by atoms with E-state index in [2.05, 4.69) is 11.6 Å². The maximum Gasteiger partial charge on any atom is 0.406 e. The lowest BCUT2D eigenvalue weighted by molar-refractivity contribution is -0.139. The number of nitrogens with zero attached hydrogens (tertiary/aromatic N) is 2. The molecule has 0 saturated heterocycles. The van der Waals surface area contributed by atoms with Crippen LogP contribution >= 0.6 is 34.3 Å². The predicted molar refractivity (Wildman–Crippen MR) is 82.6 cm³/mol. The molecular formula is C13H10ClF3N2OS2. The quantitative estimate of drug-likeness (QED) is 0.718. The molecule has 9 heteroatoms. The van der Waals surface area contributed by atoms with Crippen molar-refractivity contribution >= 4 is 40.2 Å². The molecule has 0 fully saturated rings. The minimum atomic E-state index is -4.47. The van der Waals surface area contributed by atoms with Crippen molar-refractivity contribution in [1.82, 2.24) is 9.88 Å². The van der Waals surface area contributed by atoms with Crippen molar-refractivity contribution in [2.75, 3.05) is 13.1 Å². The molecule has 0 bridgehead atoms. The Morgan fingerprint density at radius 2 is 2.18 bits per heavy atom. The Hall–Kier alpha value is -1.38. The van der Waals surface area contributed by atoms with E-state index < -0.39 is 18.6 Å². The molecule has 0 atom stereocenters. The molecule has 0 aromatic carbocycles.